The summed E-state index contributed by atoms with van der Waals surface area (Å²) in [5.41, 5.74) is 0. The molecule has 0 radical (unpaired) electrons. The number of hydrogen-bond acceptors (Lipinski definition) is 5. The summed E-state index contributed by atoms with van der Waals surface area (Å²) in [7, 11) is 0. The van der Waals surface area contributed by atoms with Gasteiger partial charge in [0.1, 0.15) is 6.10 Å². The first-order valence-corrected chi connectivity index (χ1v) is 5.82. The second kappa shape index (κ2) is 7.60. The molecule has 1 N–H and O–H groups in total. The molecule has 2 atom stereocenters. The van der Waals surface area contributed by atoms with Crippen LogP contribution in [0, 0.1) is 0 Å². The fourth-order valence-electron chi connectivity index (χ4n) is 1.53. The number of ether oxygens (including phenoxy) is 3. The third kappa shape index (κ3) is 5.44. The van der Waals surface area contributed by atoms with Gasteiger partial charge in [-0.05, 0) is 13.8 Å². The smallest absolute Gasteiger partial charge is 0.308 e. The second-order valence-corrected chi connectivity index (χ2v) is 3.86. The first kappa shape index (κ1) is 13.4. The fraction of sp³-hybridized carbons (Fsp3) is 0.909. The number of esters is 1. The molecule has 1 saturated heterocycles. The van der Waals surface area contributed by atoms with E-state index in [4.69, 9.17) is 14.2 Å². The molecule has 0 aromatic heterocycles. The Kier molecular flexibility index (Phi) is 6.37. The summed E-state index contributed by atoms with van der Waals surface area (Å²) >= 11 is 0. The monoisotopic (exact) mass is 231 g/mol. The lowest BCUT2D eigenvalue weighted by molar-refractivity contribution is -0.154. The summed E-state index contributed by atoms with van der Waals surface area (Å²) in [4.78, 5) is 11.5. The quantitative estimate of drug-likeness (QED) is 0.668. The molecule has 16 heavy (non-hydrogen) atoms. The average molecular weight is 231 g/mol. The Morgan fingerprint density at radius 2 is 2.44 bits per heavy atom. The van der Waals surface area contributed by atoms with E-state index in [1.807, 2.05) is 13.8 Å². The Labute approximate surface area is 96.4 Å². The highest BCUT2D eigenvalue weighted by atomic mass is 16.6. The van der Waals surface area contributed by atoms with Crippen LogP contribution in [0.5, 0.6) is 0 Å². The Morgan fingerprint density at radius 3 is 3.06 bits per heavy atom. The van der Waals surface area contributed by atoms with Crippen molar-refractivity contribution in [3.8, 4) is 0 Å². The van der Waals surface area contributed by atoms with Crippen LogP contribution in [0.15, 0.2) is 0 Å². The molecule has 5 heteroatoms. The van der Waals surface area contributed by atoms with Crippen LogP contribution < -0.4 is 5.32 Å². The van der Waals surface area contributed by atoms with E-state index in [0.717, 1.165) is 13.1 Å². The van der Waals surface area contributed by atoms with Gasteiger partial charge in [0.25, 0.3) is 0 Å². The predicted octanol–water partition coefficient (Wildman–Crippen LogP) is 0.333. The van der Waals surface area contributed by atoms with Crippen LogP contribution in [-0.4, -0.2) is 51.1 Å². The van der Waals surface area contributed by atoms with E-state index < -0.39 is 0 Å². The van der Waals surface area contributed by atoms with Gasteiger partial charge in [-0.25, -0.2) is 0 Å². The Hall–Kier alpha value is -0.650. The van der Waals surface area contributed by atoms with E-state index in [1.165, 1.54) is 0 Å². The fourth-order valence-corrected chi connectivity index (χ4v) is 1.53. The molecule has 1 fully saturated rings. The normalized spacial score (nSPS) is 22.8. The van der Waals surface area contributed by atoms with Gasteiger partial charge in [0, 0.05) is 19.7 Å². The van der Waals surface area contributed by atoms with Gasteiger partial charge in [-0.1, -0.05) is 0 Å². The predicted molar refractivity (Wildman–Crippen MR) is 59.3 cm³/mol. The van der Waals surface area contributed by atoms with Crippen LogP contribution in [0.3, 0.4) is 0 Å². The van der Waals surface area contributed by atoms with Gasteiger partial charge in [-0.3, -0.25) is 4.79 Å². The van der Waals surface area contributed by atoms with Crippen LogP contribution in [-0.2, 0) is 19.0 Å². The maximum absolute atomic E-state index is 11.5. The lowest BCUT2D eigenvalue weighted by Crippen LogP contribution is -2.40. The highest BCUT2D eigenvalue weighted by molar-refractivity contribution is 5.70. The molecule has 1 rings (SSSR count). The molecule has 0 saturated carbocycles. The lowest BCUT2D eigenvalue weighted by atomic mass is 10.2. The van der Waals surface area contributed by atoms with Crippen LogP contribution in [0.25, 0.3) is 0 Å². The molecule has 94 valence electrons. The number of rotatable bonds is 6. The zero-order valence-electron chi connectivity index (χ0n) is 10.0. The number of carbonyl (C=O) groups excluding carboxylic acids is 1. The van der Waals surface area contributed by atoms with Gasteiger partial charge in [0.2, 0.25) is 0 Å². The summed E-state index contributed by atoms with van der Waals surface area (Å²) in [6.45, 7) is 7.06. The van der Waals surface area contributed by atoms with Crippen molar-refractivity contribution in [2.75, 3.05) is 32.9 Å². The molecule has 0 amide bonds. The third-order valence-electron chi connectivity index (χ3n) is 2.29. The highest BCUT2D eigenvalue weighted by Crippen LogP contribution is 2.04. The summed E-state index contributed by atoms with van der Waals surface area (Å²) < 4.78 is 15.8. The van der Waals surface area contributed by atoms with Gasteiger partial charge < -0.3 is 19.5 Å². The average Bonchev–Trinajstić information content (AvgIpc) is 2.27. The van der Waals surface area contributed by atoms with Gasteiger partial charge in [0.05, 0.1) is 25.7 Å². The van der Waals surface area contributed by atoms with Crippen molar-refractivity contribution < 1.29 is 19.0 Å². The van der Waals surface area contributed by atoms with E-state index in [-0.39, 0.29) is 18.2 Å². The molecule has 1 aliphatic rings. The molecule has 0 aliphatic carbocycles. The second-order valence-electron chi connectivity index (χ2n) is 3.86. The van der Waals surface area contributed by atoms with Gasteiger partial charge in [-0.15, -0.1) is 0 Å². The highest BCUT2D eigenvalue weighted by Gasteiger charge is 2.19. The van der Waals surface area contributed by atoms with Crippen molar-refractivity contribution in [3.63, 3.8) is 0 Å². The van der Waals surface area contributed by atoms with E-state index in [1.54, 1.807) is 0 Å². The Bertz CT molecular complexity index is 204. The number of nitrogens with one attached hydrogen (secondary N) is 1. The molecule has 1 heterocycles. The zero-order valence-corrected chi connectivity index (χ0v) is 10.0. The van der Waals surface area contributed by atoms with Crippen LogP contribution in [0.2, 0.25) is 0 Å². The van der Waals surface area contributed by atoms with Gasteiger partial charge in [0.15, 0.2) is 0 Å². The lowest BCUT2D eigenvalue weighted by Gasteiger charge is -2.23. The standard InChI is InChI=1S/C11H21NO4/c1-3-14-8-9(2)16-11(13)6-10-7-12-4-5-15-10/h9-10,12H,3-8H2,1-2H3. The van der Waals surface area contributed by atoms with Gasteiger partial charge in [-0.2, -0.15) is 0 Å². The molecular weight excluding hydrogens is 210 g/mol. The topological polar surface area (TPSA) is 56.8 Å². The number of morpholine rings is 1. The van der Waals surface area contributed by atoms with Crippen molar-refractivity contribution in [1.82, 2.24) is 5.32 Å². The molecule has 0 aromatic rings. The van der Waals surface area contributed by atoms with Crippen molar-refractivity contribution in [2.45, 2.75) is 32.5 Å². The van der Waals surface area contributed by atoms with Crippen molar-refractivity contribution >= 4 is 5.97 Å². The van der Waals surface area contributed by atoms with Crippen LogP contribution >= 0.6 is 0 Å². The first-order valence-electron chi connectivity index (χ1n) is 5.82. The summed E-state index contributed by atoms with van der Waals surface area (Å²) in [5, 5.41) is 3.17. The molecule has 5 nitrogen and oxygen atoms in total. The van der Waals surface area contributed by atoms with Gasteiger partial charge >= 0.3 is 5.97 Å². The molecule has 0 spiro atoms. The van der Waals surface area contributed by atoms with E-state index in [2.05, 4.69) is 5.32 Å². The molecule has 0 bridgehead atoms. The first-order chi connectivity index (χ1) is 7.72. The van der Waals surface area contributed by atoms with Crippen molar-refractivity contribution in [1.29, 1.82) is 0 Å². The summed E-state index contributed by atoms with van der Waals surface area (Å²) in [6, 6.07) is 0. The zero-order chi connectivity index (χ0) is 11.8. The minimum atomic E-state index is -0.221. The summed E-state index contributed by atoms with van der Waals surface area (Å²) in [5.74, 6) is -0.221. The number of carbonyl (C=O) groups is 1. The molecule has 1 aliphatic heterocycles. The minimum Gasteiger partial charge on any atom is -0.460 e. The Morgan fingerprint density at radius 1 is 1.62 bits per heavy atom. The number of hydrogen-bond donors (Lipinski definition) is 1. The minimum absolute atomic E-state index is 0.0551. The molecular formula is C11H21NO4. The SMILES string of the molecule is CCOCC(C)OC(=O)CC1CNCCO1. The molecule has 0 aromatic carbocycles. The Balaban J connectivity index is 2.13. The largest absolute Gasteiger partial charge is 0.460 e. The summed E-state index contributed by atoms with van der Waals surface area (Å²) in [6.07, 6.45) is 0.0632. The van der Waals surface area contributed by atoms with E-state index in [9.17, 15) is 4.79 Å². The molecule has 2 unspecified atom stereocenters. The maximum atomic E-state index is 11.5. The van der Waals surface area contributed by atoms with E-state index >= 15 is 0 Å². The van der Waals surface area contributed by atoms with Crippen molar-refractivity contribution in [2.24, 2.45) is 0 Å². The van der Waals surface area contributed by atoms with Crippen LogP contribution in [0.1, 0.15) is 20.3 Å². The van der Waals surface area contributed by atoms with Crippen LogP contribution in [0.4, 0.5) is 0 Å². The maximum Gasteiger partial charge on any atom is 0.308 e. The third-order valence-corrected chi connectivity index (χ3v) is 2.29. The van der Waals surface area contributed by atoms with E-state index in [0.29, 0.717) is 26.2 Å². The van der Waals surface area contributed by atoms with Crippen molar-refractivity contribution in [3.05, 3.63) is 0 Å².